The van der Waals surface area contributed by atoms with Crippen LogP contribution in [0.15, 0.2) is 52.1 Å². The summed E-state index contributed by atoms with van der Waals surface area (Å²) >= 11 is 0. The van der Waals surface area contributed by atoms with Crippen LogP contribution in [-0.2, 0) is 6.54 Å². The van der Waals surface area contributed by atoms with E-state index in [-0.39, 0.29) is 5.91 Å². The molecule has 1 aromatic heterocycles. The first-order valence-electron chi connectivity index (χ1n) is 10.9. The number of aromatic amines is 1. The van der Waals surface area contributed by atoms with Gasteiger partial charge in [0.25, 0.3) is 5.91 Å². The monoisotopic (exact) mass is 421 g/mol. The average Bonchev–Trinajstić information content (AvgIpc) is 2.80. The van der Waals surface area contributed by atoms with Gasteiger partial charge >= 0.3 is 11.1 Å². The van der Waals surface area contributed by atoms with Crippen LogP contribution >= 0.6 is 0 Å². The molecule has 1 fully saturated rings. The fraction of sp³-hybridized carbons (Fsp3) is 0.375. The number of nitrogens with one attached hydrogen (secondary N) is 2. The number of amides is 1. The Morgan fingerprint density at radius 3 is 2.55 bits per heavy atom. The first-order valence-corrected chi connectivity index (χ1v) is 10.9. The molecule has 1 saturated carbocycles. The van der Waals surface area contributed by atoms with Crippen molar-refractivity contribution in [2.24, 2.45) is 5.92 Å². The maximum Gasteiger partial charge on any atom is 0.316 e. The Hall–Kier alpha value is -3.35. The molecule has 1 aliphatic rings. The van der Waals surface area contributed by atoms with Gasteiger partial charge in [0.2, 0.25) is 0 Å². The topological polar surface area (TPSA) is 93.2 Å². The zero-order valence-electron chi connectivity index (χ0n) is 17.6. The Kier molecular flexibility index (Phi) is 6.21. The van der Waals surface area contributed by atoms with E-state index < -0.39 is 11.1 Å². The smallest absolute Gasteiger partial charge is 0.316 e. The summed E-state index contributed by atoms with van der Waals surface area (Å²) in [6, 6.07) is 12.2. The van der Waals surface area contributed by atoms with Crippen LogP contribution in [0.25, 0.3) is 11.0 Å². The molecule has 4 rings (SSSR count). The van der Waals surface area contributed by atoms with E-state index in [1.807, 2.05) is 24.3 Å². The van der Waals surface area contributed by atoms with E-state index in [1.165, 1.54) is 36.7 Å². The van der Waals surface area contributed by atoms with Crippen LogP contribution < -0.4 is 21.2 Å². The standard InChI is InChI=1S/C24H27N3O4/c1-2-27-21-13-8-17(14-20(21)26-23(29)24(27)30)22(28)25-18-9-11-19(12-10-18)31-15-16-6-4-3-5-7-16/h8-14,16H,2-7,15H2,1H3,(H,25,28)(H,26,29). The van der Waals surface area contributed by atoms with Crippen molar-refractivity contribution < 1.29 is 9.53 Å². The number of aryl methyl sites for hydroxylation is 1. The molecule has 7 heteroatoms. The van der Waals surface area contributed by atoms with E-state index in [4.69, 9.17) is 4.74 Å². The van der Waals surface area contributed by atoms with Gasteiger partial charge in [-0.25, -0.2) is 0 Å². The van der Waals surface area contributed by atoms with Gasteiger partial charge < -0.3 is 19.6 Å². The minimum atomic E-state index is -0.698. The first-order chi connectivity index (χ1) is 15.0. The normalized spacial score (nSPS) is 14.5. The van der Waals surface area contributed by atoms with E-state index >= 15 is 0 Å². The van der Waals surface area contributed by atoms with Crippen molar-refractivity contribution in [3.8, 4) is 5.75 Å². The largest absolute Gasteiger partial charge is 0.493 e. The number of hydrogen-bond donors (Lipinski definition) is 2. The van der Waals surface area contributed by atoms with Gasteiger partial charge in [0.1, 0.15) is 5.75 Å². The molecule has 0 spiro atoms. The number of nitrogens with zero attached hydrogens (tertiary/aromatic N) is 1. The molecule has 1 amide bonds. The fourth-order valence-corrected chi connectivity index (χ4v) is 4.14. The second-order valence-electron chi connectivity index (χ2n) is 8.03. The lowest BCUT2D eigenvalue weighted by atomic mass is 9.90. The van der Waals surface area contributed by atoms with Crippen molar-refractivity contribution in [3.63, 3.8) is 0 Å². The van der Waals surface area contributed by atoms with Gasteiger partial charge in [0.15, 0.2) is 0 Å². The second-order valence-corrected chi connectivity index (χ2v) is 8.03. The number of hydrogen-bond acceptors (Lipinski definition) is 4. The number of rotatable bonds is 6. The first kappa shape index (κ1) is 20.9. The number of aromatic nitrogens is 2. The number of fused-ring (bicyclic) bond motifs is 1. The van der Waals surface area contributed by atoms with Crippen LogP contribution in [-0.4, -0.2) is 22.1 Å². The Morgan fingerprint density at radius 2 is 1.84 bits per heavy atom. The van der Waals surface area contributed by atoms with Crippen molar-refractivity contribution in [2.75, 3.05) is 11.9 Å². The van der Waals surface area contributed by atoms with Crippen LogP contribution in [0.2, 0.25) is 0 Å². The number of benzene rings is 2. The molecule has 1 heterocycles. The molecule has 0 radical (unpaired) electrons. The third kappa shape index (κ3) is 4.71. The Balaban J connectivity index is 1.44. The third-order valence-corrected chi connectivity index (χ3v) is 5.88. The van der Waals surface area contributed by atoms with Gasteiger partial charge in [-0.15, -0.1) is 0 Å². The lowest BCUT2D eigenvalue weighted by molar-refractivity contribution is 0.102. The van der Waals surface area contributed by atoms with Crippen molar-refractivity contribution in [2.45, 2.75) is 45.6 Å². The third-order valence-electron chi connectivity index (χ3n) is 5.88. The molecular weight excluding hydrogens is 394 g/mol. The summed E-state index contributed by atoms with van der Waals surface area (Å²) < 4.78 is 7.30. The van der Waals surface area contributed by atoms with Crippen LogP contribution in [0, 0.1) is 5.92 Å². The summed E-state index contributed by atoms with van der Waals surface area (Å²) in [4.78, 5) is 39.1. The average molecular weight is 421 g/mol. The lowest BCUT2D eigenvalue weighted by Gasteiger charge is -2.21. The number of ether oxygens (including phenoxy) is 1. The van der Waals surface area contributed by atoms with Crippen molar-refractivity contribution >= 4 is 22.6 Å². The Labute approximate surface area is 180 Å². The number of anilines is 1. The van der Waals surface area contributed by atoms with Gasteiger partial charge in [-0.1, -0.05) is 19.3 Å². The molecule has 3 aromatic rings. The summed E-state index contributed by atoms with van der Waals surface area (Å²) in [5.41, 5.74) is 0.784. The molecular formula is C24H27N3O4. The minimum Gasteiger partial charge on any atom is -0.493 e. The predicted octanol–water partition coefficient (Wildman–Crippen LogP) is 3.92. The molecule has 162 valence electrons. The highest BCUT2D eigenvalue weighted by molar-refractivity contribution is 6.05. The highest BCUT2D eigenvalue weighted by atomic mass is 16.5. The van der Waals surface area contributed by atoms with E-state index in [2.05, 4.69) is 10.3 Å². The predicted molar refractivity (Wildman–Crippen MR) is 121 cm³/mol. The summed E-state index contributed by atoms with van der Waals surface area (Å²) in [5.74, 6) is 1.13. The molecule has 1 aliphatic carbocycles. The number of carbonyl (C=O) groups is 1. The summed E-state index contributed by atoms with van der Waals surface area (Å²) in [6.45, 7) is 2.91. The summed E-state index contributed by atoms with van der Waals surface area (Å²) in [5, 5.41) is 2.86. The van der Waals surface area contributed by atoms with Gasteiger partial charge in [-0.05, 0) is 68.1 Å². The van der Waals surface area contributed by atoms with Crippen LogP contribution in [0.5, 0.6) is 5.75 Å². The molecule has 0 atom stereocenters. The minimum absolute atomic E-state index is 0.298. The highest BCUT2D eigenvalue weighted by Crippen LogP contribution is 2.25. The highest BCUT2D eigenvalue weighted by Gasteiger charge is 2.14. The zero-order valence-corrected chi connectivity index (χ0v) is 17.6. The molecule has 2 N–H and O–H groups in total. The number of carbonyl (C=O) groups excluding carboxylic acids is 1. The maximum absolute atomic E-state index is 12.7. The molecule has 0 bridgehead atoms. The Morgan fingerprint density at radius 1 is 1.10 bits per heavy atom. The van der Waals surface area contributed by atoms with E-state index in [0.717, 1.165) is 12.4 Å². The number of H-pyrrole nitrogens is 1. The quantitative estimate of drug-likeness (QED) is 0.590. The van der Waals surface area contributed by atoms with Crippen molar-refractivity contribution in [3.05, 3.63) is 68.7 Å². The van der Waals surface area contributed by atoms with Crippen molar-refractivity contribution in [1.29, 1.82) is 0 Å². The van der Waals surface area contributed by atoms with Crippen LogP contribution in [0.3, 0.4) is 0 Å². The van der Waals surface area contributed by atoms with Crippen LogP contribution in [0.4, 0.5) is 5.69 Å². The maximum atomic E-state index is 12.7. The van der Waals surface area contributed by atoms with Crippen molar-refractivity contribution in [1.82, 2.24) is 9.55 Å². The van der Waals surface area contributed by atoms with Crippen LogP contribution in [0.1, 0.15) is 49.4 Å². The molecule has 0 aliphatic heterocycles. The van der Waals surface area contributed by atoms with E-state index in [1.54, 1.807) is 25.1 Å². The molecule has 2 aromatic carbocycles. The van der Waals surface area contributed by atoms with Gasteiger partial charge in [0, 0.05) is 17.8 Å². The fourth-order valence-electron chi connectivity index (χ4n) is 4.14. The summed E-state index contributed by atoms with van der Waals surface area (Å²) in [6.07, 6.45) is 6.38. The molecule has 31 heavy (non-hydrogen) atoms. The van der Waals surface area contributed by atoms with Gasteiger partial charge in [0.05, 0.1) is 17.6 Å². The summed E-state index contributed by atoms with van der Waals surface area (Å²) in [7, 11) is 0. The second kappa shape index (κ2) is 9.20. The zero-order chi connectivity index (χ0) is 21.8. The van der Waals surface area contributed by atoms with E-state index in [0.29, 0.717) is 34.7 Å². The van der Waals surface area contributed by atoms with Gasteiger partial charge in [-0.3, -0.25) is 14.4 Å². The molecule has 7 nitrogen and oxygen atoms in total. The lowest BCUT2D eigenvalue weighted by Crippen LogP contribution is -2.36. The molecule has 0 unspecified atom stereocenters. The SMILES string of the molecule is CCn1c(=O)c(=O)[nH]c2cc(C(=O)Nc3ccc(OCC4CCCCC4)cc3)ccc21. The van der Waals surface area contributed by atoms with Gasteiger partial charge in [-0.2, -0.15) is 0 Å². The Bertz CT molecular complexity index is 1190. The molecule has 0 saturated heterocycles. The van der Waals surface area contributed by atoms with E-state index in [9.17, 15) is 14.4 Å².